The Labute approximate surface area is 110 Å². The predicted octanol–water partition coefficient (Wildman–Crippen LogP) is 2.06. The van der Waals surface area contributed by atoms with Gasteiger partial charge < -0.3 is 15.3 Å². The van der Waals surface area contributed by atoms with Gasteiger partial charge in [-0.05, 0) is 36.6 Å². The van der Waals surface area contributed by atoms with E-state index in [9.17, 15) is 5.11 Å². The van der Waals surface area contributed by atoms with Crippen molar-refractivity contribution in [3.8, 4) is 0 Å². The molecule has 2 rings (SSSR count). The van der Waals surface area contributed by atoms with E-state index in [4.69, 9.17) is 0 Å². The monoisotopic (exact) mass is 248 g/mol. The largest absolute Gasteiger partial charge is 0.391 e. The SMILES string of the molecule is Cc1cc(N2CCC(O)C2)ccc1CNC(C)C. The quantitative estimate of drug-likeness (QED) is 0.856. The highest BCUT2D eigenvalue weighted by atomic mass is 16.3. The van der Waals surface area contributed by atoms with Crippen LogP contribution in [-0.2, 0) is 6.54 Å². The van der Waals surface area contributed by atoms with Gasteiger partial charge in [0.15, 0.2) is 0 Å². The molecule has 2 N–H and O–H groups in total. The Morgan fingerprint density at radius 2 is 2.22 bits per heavy atom. The molecular weight excluding hydrogens is 224 g/mol. The average Bonchev–Trinajstić information content (AvgIpc) is 2.74. The third-order valence-electron chi connectivity index (χ3n) is 3.56. The molecule has 3 nitrogen and oxygen atoms in total. The Morgan fingerprint density at radius 3 is 2.78 bits per heavy atom. The normalized spacial score (nSPS) is 19.8. The summed E-state index contributed by atoms with van der Waals surface area (Å²) in [6.45, 7) is 9.14. The number of benzene rings is 1. The highest BCUT2D eigenvalue weighted by molar-refractivity contribution is 5.51. The molecule has 0 radical (unpaired) electrons. The van der Waals surface area contributed by atoms with E-state index in [0.29, 0.717) is 6.04 Å². The molecule has 0 aliphatic carbocycles. The third-order valence-corrected chi connectivity index (χ3v) is 3.56. The van der Waals surface area contributed by atoms with Crippen LogP contribution in [0.3, 0.4) is 0 Å². The van der Waals surface area contributed by atoms with Gasteiger partial charge in [-0.1, -0.05) is 19.9 Å². The van der Waals surface area contributed by atoms with Crippen LogP contribution in [0.15, 0.2) is 18.2 Å². The lowest BCUT2D eigenvalue weighted by molar-refractivity contribution is 0.198. The Kier molecular flexibility index (Phi) is 4.25. The van der Waals surface area contributed by atoms with Crippen LogP contribution in [-0.4, -0.2) is 30.3 Å². The summed E-state index contributed by atoms with van der Waals surface area (Å²) in [5.41, 5.74) is 3.91. The topological polar surface area (TPSA) is 35.5 Å². The van der Waals surface area contributed by atoms with Crippen LogP contribution in [0.4, 0.5) is 5.69 Å². The fourth-order valence-corrected chi connectivity index (χ4v) is 2.37. The van der Waals surface area contributed by atoms with Gasteiger partial charge in [-0.2, -0.15) is 0 Å². The van der Waals surface area contributed by atoms with E-state index in [0.717, 1.165) is 26.1 Å². The third kappa shape index (κ3) is 3.24. The van der Waals surface area contributed by atoms with Gasteiger partial charge >= 0.3 is 0 Å². The highest BCUT2D eigenvalue weighted by Crippen LogP contribution is 2.23. The maximum absolute atomic E-state index is 9.58. The number of aliphatic hydroxyl groups excluding tert-OH is 1. The second kappa shape index (κ2) is 5.72. The molecule has 1 fully saturated rings. The first-order valence-corrected chi connectivity index (χ1v) is 6.82. The van der Waals surface area contributed by atoms with Crippen LogP contribution in [0.25, 0.3) is 0 Å². The lowest BCUT2D eigenvalue weighted by Crippen LogP contribution is -2.23. The van der Waals surface area contributed by atoms with Crippen molar-refractivity contribution in [3.63, 3.8) is 0 Å². The Balaban J connectivity index is 2.05. The van der Waals surface area contributed by atoms with Crippen molar-refractivity contribution in [2.75, 3.05) is 18.0 Å². The molecular formula is C15H24N2O. The summed E-state index contributed by atoms with van der Waals surface area (Å²) in [6, 6.07) is 7.11. The highest BCUT2D eigenvalue weighted by Gasteiger charge is 2.20. The number of hydrogen-bond acceptors (Lipinski definition) is 3. The van der Waals surface area contributed by atoms with Gasteiger partial charge in [-0.3, -0.25) is 0 Å². The zero-order chi connectivity index (χ0) is 13.1. The van der Waals surface area contributed by atoms with E-state index in [-0.39, 0.29) is 6.10 Å². The second-order valence-corrected chi connectivity index (χ2v) is 5.53. The zero-order valence-corrected chi connectivity index (χ0v) is 11.6. The van der Waals surface area contributed by atoms with E-state index >= 15 is 0 Å². The number of hydrogen-bond donors (Lipinski definition) is 2. The van der Waals surface area contributed by atoms with Crippen molar-refractivity contribution in [2.24, 2.45) is 0 Å². The minimum Gasteiger partial charge on any atom is -0.391 e. The van der Waals surface area contributed by atoms with Gasteiger partial charge in [-0.25, -0.2) is 0 Å². The minimum atomic E-state index is -0.160. The van der Waals surface area contributed by atoms with Crippen LogP contribution in [0.1, 0.15) is 31.4 Å². The molecule has 0 spiro atoms. The summed E-state index contributed by atoms with van der Waals surface area (Å²) in [5.74, 6) is 0. The van der Waals surface area contributed by atoms with Crippen molar-refractivity contribution in [3.05, 3.63) is 29.3 Å². The average molecular weight is 248 g/mol. The number of nitrogens with zero attached hydrogens (tertiary/aromatic N) is 1. The van der Waals surface area contributed by atoms with E-state index in [1.807, 2.05) is 0 Å². The van der Waals surface area contributed by atoms with Crippen LogP contribution in [0.2, 0.25) is 0 Å². The molecule has 1 aromatic carbocycles. The predicted molar refractivity (Wildman–Crippen MR) is 76.0 cm³/mol. The molecule has 0 saturated carbocycles. The fourth-order valence-electron chi connectivity index (χ4n) is 2.37. The van der Waals surface area contributed by atoms with Gasteiger partial charge in [0, 0.05) is 31.4 Å². The molecule has 1 heterocycles. The van der Waals surface area contributed by atoms with Gasteiger partial charge in [0.1, 0.15) is 0 Å². The summed E-state index contributed by atoms with van der Waals surface area (Å²) in [4.78, 5) is 2.26. The molecule has 18 heavy (non-hydrogen) atoms. The number of β-amino-alcohol motifs (C(OH)–C–C–N with tert-alkyl or cyclic N) is 1. The maximum atomic E-state index is 9.58. The van der Waals surface area contributed by atoms with Crippen molar-refractivity contribution >= 4 is 5.69 Å². The lowest BCUT2D eigenvalue weighted by atomic mass is 10.1. The molecule has 1 atom stereocenters. The van der Waals surface area contributed by atoms with Crippen LogP contribution < -0.4 is 10.2 Å². The molecule has 1 saturated heterocycles. The van der Waals surface area contributed by atoms with Crippen LogP contribution in [0.5, 0.6) is 0 Å². The molecule has 1 aromatic rings. The van der Waals surface area contributed by atoms with Crippen LogP contribution in [0, 0.1) is 6.92 Å². The molecule has 0 bridgehead atoms. The van der Waals surface area contributed by atoms with Crippen molar-refractivity contribution < 1.29 is 5.11 Å². The summed E-state index contributed by atoms with van der Waals surface area (Å²) in [6.07, 6.45) is 0.725. The van der Waals surface area contributed by atoms with E-state index in [1.165, 1.54) is 16.8 Å². The molecule has 3 heteroatoms. The first-order chi connectivity index (χ1) is 8.56. The molecule has 1 aliphatic rings. The minimum absolute atomic E-state index is 0.160. The standard InChI is InChI=1S/C15H24N2O/c1-11(2)16-9-13-4-5-14(8-12(13)3)17-7-6-15(18)10-17/h4-5,8,11,15-16,18H,6-7,9-10H2,1-3H3. The van der Waals surface area contributed by atoms with E-state index in [1.54, 1.807) is 0 Å². The molecule has 0 aromatic heterocycles. The molecule has 100 valence electrons. The zero-order valence-electron chi connectivity index (χ0n) is 11.6. The van der Waals surface area contributed by atoms with Gasteiger partial charge in [0.05, 0.1) is 6.10 Å². The van der Waals surface area contributed by atoms with E-state index < -0.39 is 0 Å². The van der Waals surface area contributed by atoms with E-state index in [2.05, 4.69) is 49.2 Å². The first kappa shape index (κ1) is 13.4. The number of anilines is 1. The number of aliphatic hydroxyl groups is 1. The number of aryl methyl sites for hydroxylation is 1. The van der Waals surface area contributed by atoms with Crippen LogP contribution >= 0.6 is 0 Å². The summed E-state index contributed by atoms with van der Waals surface area (Å²) < 4.78 is 0. The van der Waals surface area contributed by atoms with Gasteiger partial charge in [-0.15, -0.1) is 0 Å². The Morgan fingerprint density at radius 1 is 1.44 bits per heavy atom. The molecule has 1 aliphatic heterocycles. The number of rotatable bonds is 4. The van der Waals surface area contributed by atoms with Crippen molar-refractivity contribution in [1.82, 2.24) is 5.32 Å². The Bertz CT molecular complexity index is 403. The first-order valence-electron chi connectivity index (χ1n) is 6.82. The fraction of sp³-hybridized carbons (Fsp3) is 0.600. The summed E-state index contributed by atoms with van der Waals surface area (Å²) in [5, 5.41) is 13.0. The second-order valence-electron chi connectivity index (χ2n) is 5.53. The van der Waals surface area contributed by atoms with Crippen molar-refractivity contribution in [1.29, 1.82) is 0 Å². The Hall–Kier alpha value is -1.06. The maximum Gasteiger partial charge on any atom is 0.0731 e. The molecule has 0 amide bonds. The molecule has 1 unspecified atom stereocenters. The smallest absolute Gasteiger partial charge is 0.0731 e. The summed E-state index contributed by atoms with van der Waals surface area (Å²) in [7, 11) is 0. The van der Waals surface area contributed by atoms with Crippen molar-refractivity contribution in [2.45, 2.75) is 45.9 Å². The summed E-state index contributed by atoms with van der Waals surface area (Å²) >= 11 is 0. The van der Waals surface area contributed by atoms with Gasteiger partial charge in [0.25, 0.3) is 0 Å². The van der Waals surface area contributed by atoms with Gasteiger partial charge in [0.2, 0.25) is 0 Å². The lowest BCUT2D eigenvalue weighted by Gasteiger charge is -2.20. The number of nitrogens with one attached hydrogen (secondary N) is 1.